The van der Waals surface area contributed by atoms with Crippen LogP contribution < -0.4 is 5.32 Å². The van der Waals surface area contributed by atoms with Gasteiger partial charge in [-0.05, 0) is 48.7 Å². The van der Waals surface area contributed by atoms with E-state index in [-0.39, 0.29) is 11.7 Å². The van der Waals surface area contributed by atoms with Crippen molar-refractivity contribution in [3.8, 4) is 0 Å². The molecule has 1 amide bonds. The first-order valence-electron chi connectivity index (χ1n) is 8.11. The maximum absolute atomic E-state index is 13.0. The molecular weight excluding hydrogens is 383 g/mol. The largest absolute Gasteiger partial charge is 0.348 e. The highest BCUT2D eigenvalue weighted by Crippen LogP contribution is 2.26. The molecule has 2 aromatic carbocycles. The van der Waals surface area contributed by atoms with Gasteiger partial charge in [0.1, 0.15) is 5.82 Å². The molecule has 0 atom stereocenters. The van der Waals surface area contributed by atoms with Crippen molar-refractivity contribution in [1.82, 2.24) is 10.3 Å². The molecule has 0 aliphatic carbocycles. The number of hydrogen-bond acceptors (Lipinski definition) is 2. The Labute approximate surface area is 154 Å². The number of fused-ring (bicyclic) bond motifs is 1. The third kappa shape index (κ3) is 3.71. The van der Waals surface area contributed by atoms with E-state index in [4.69, 9.17) is 0 Å². The van der Waals surface area contributed by atoms with E-state index in [1.807, 2.05) is 32.0 Å². The Hall–Kier alpha value is -2.27. The van der Waals surface area contributed by atoms with Crippen LogP contribution in [-0.2, 0) is 13.0 Å². The summed E-state index contributed by atoms with van der Waals surface area (Å²) in [5.74, 6) is -0.444. The van der Waals surface area contributed by atoms with E-state index in [9.17, 15) is 9.18 Å². The Balaban J connectivity index is 1.93. The second-order valence-corrected chi connectivity index (χ2v) is 6.80. The van der Waals surface area contributed by atoms with Gasteiger partial charge in [-0.1, -0.05) is 41.1 Å². The summed E-state index contributed by atoms with van der Waals surface area (Å²) in [6, 6.07) is 12.0. The molecule has 0 saturated carbocycles. The Morgan fingerprint density at radius 3 is 2.60 bits per heavy atom. The van der Waals surface area contributed by atoms with Crippen molar-refractivity contribution in [3.63, 3.8) is 0 Å². The van der Waals surface area contributed by atoms with Crippen molar-refractivity contribution < 1.29 is 9.18 Å². The minimum atomic E-state index is -0.288. The van der Waals surface area contributed by atoms with Crippen molar-refractivity contribution in [2.45, 2.75) is 26.8 Å². The number of benzene rings is 2. The smallest absolute Gasteiger partial charge is 0.253 e. The van der Waals surface area contributed by atoms with Crippen molar-refractivity contribution in [2.75, 3.05) is 0 Å². The number of amides is 1. The van der Waals surface area contributed by atoms with Gasteiger partial charge in [-0.25, -0.2) is 4.39 Å². The van der Waals surface area contributed by atoms with E-state index in [1.165, 1.54) is 12.1 Å². The van der Waals surface area contributed by atoms with Crippen LogP contribution in [0.1, 0.15) is 34.1 Å². The highest BCUT2D eigenvalue weighted by molar-refractivity contribution is 9.10. The monoisotopic (exact) mass is 400 g/mol. The Kier molecular flexibility index (Phi) is 5.13. The molecule has 3 aromatic rings. The topological polar surface area (TPSA) is 42.0 Å². The highest BCUT2D eigenvalue weighted by Gasteiger charge is 2.17. The Morgan fingerprint density at radius 2 is 1.92 bits per heavy atom. The zero-order valence-electron chi connectivity index (χ0n) is 14.1. The van der Waals surface area contributed by atoms with Crippen LogP contribution in [0.4, 0.5) is 4.39 Å². The number of aromatic nitrogens is 1. The first-order chi connectivity index (χ1) is 12.0. The van der Waals surface area contributed by atoms with Crippen LogP contribution in [0.25, 0.3) is 10.9 Å². The Morgan fingerprint density at radius 1 is 1.20 bits per heavy atom. The summed E-state index contributed by atoms with van der Waals surface area (Å²) in [5, 5.41) is 3.88. The summed E-state index contributed by atoms with van der Waals surface area (Å²) in [5.41, 5.74) is 4.05. The molecule has 0 spiro atoms. The van der Waals surface area contributed by atoms with Crippen LogP contribution in [0.5, 0.6) is 0 Å². The lowest BCUT2D eigenvalue weighted by atomic mass is 9.99. The van der Waals surface area contributed by atoms with E-state index >= 15 is 0 Å². The van der Waals surface area contributed by atoms with Gasteiger partial charge in [0.05, 0.1) is 16.8 Å². The van der Waals surface area contributed by atoms with Crippen LogP contribution in [0, 0.1) is 12.7 Å². The summed E-state index contributed by atoms with van der Waals surface area (Å²) in [4.78, 5) is 17.4. The van der Waals surface area contributed by atoms with Crippen molar-refractivity contribution in [3.05, 3.63) is 75.1 Å². The second kappa shape index (κ2) is 7.31. The molecule has 0 saturated heterocycles. The molecule has 25 heavy (non-hydrogen) atoms. The van der Waals surface area contributed by atoms with Gasteiger partial charge >= 0.3 is 0 Å². The van der Waals surface area contributed by atoms with E-state index in [0.29, 0.717) is 18.5 Å². The Bertz CT molecular complexity index is 939. The van der Waals surface area contributed by atoms with Gasteiger partial charge in [0.15, 0.2) is 0 Å². The fourth-order valence-electron chi connectivity index (χ4n) is 2.90. The van der Waals surface area contributed by atoms with Gasteiger partial charge in [-0.15, -0.1) is 0 Å². The summed E-state index contributed by atoms with van der Waals surface area (Å²) in [6.45, 7) is 4.28. The van der Waals surface area contributed by atoms with Crippen LogP contribution in [0.3, 0.4) is 0 Å². The van der Waals surface area contributed by atoms with Gasteiger partial charge in [0.25, 0.3) is 5.91 Å². The molecule has 1 aromatic heterocycles. The molecule has 0 radical (unpaired) electrons. The summed E-state index contributed by atoms with van der Waals surface area (Å²) >= 11 is 3.46. The summed E-state index contributed by atoms with van der Waals surface area (Å²) in [6.07, 6.45) is 0.669. The molecule has 0 aliphatic heterocycles. The fraction of sp³-hybridized carbons (Fsp3) is 0.200. The molecule has 5 heteroatoms. The predicted molar refractivity (Wildman–Crippen MR) is 101 cm³/mol. The van der Waals surface area contributed by atoms with E-state index in [2.05, 4.69) is 26.2 Å². The van der Waals surface area contributed by atoms with Gasteiger partial charge in [0, 0.05) is 16.4 Å². The first kappa shape index (κ1) is 17.5. The number of hydrogen-bond donors (Lipinski definition) is 1. The lowest BCUT2D eigenvalue weighted by Crippen LogP contribution is -2.25. The van der Waals surface area contributed by atoms with Crippen LogP contribution in [0.15, 0.2) is 46.9 Å². The molecule has 0 fully saturated rings. The minimum Gasteiger partial charge on any atom is -0.348 e. The normalized spacial score (nSPS) is 10.9. The number of nitrogens with zero attached hydrogens (tertiary/aromatic N) is 1. The molecule has 1 heterocycles. The number of aryl methyl sites for hydroxylation is 2. The molecule has 3 rings (SSSR count). The second-order valence-electron chi connectivity index (χ2n) is 5.88. The average Bonchev–Trinajstić information content (AvgIpc) is 2.60. The van der Waals surface area contributed by atoms with Gasteiger partial charge in [-0.2, -0.15) is 0 Å². The molecule has 3 nitrogen and oxygen atoms in total. The molecular formula is C20H18BrFN2O. The maximum Gasteiger partial charge on any atom is 0.253 e. The number of rotatable bonds is 4. The SMILES string of the molecule is CCc1nc2cc(Br)ccc2c(C)c1C(=O)NCc1ccc(F)cc1. The fourth-order valence-corrected chi connectivity index (χ4v) is 3.25. The number of halogens is 2. The molecule has 1 N–H and O–H groups in total. The number of carbonyl (C=O) groups is 1. The van der Waals surface area contributed by atoms with Gasteiger partial charge < -0.3 is 5.32 Å². The third-order valence-electron chi connectivity index (χ3n) is 4.21. The van der Waals surface area contributed by atoms with Crippen LogP contribution in [0.2, 0.25) is 0 Å². The zero-order chi connectivity index (χ0) is 18.0. The minimum absolute atomic E-state index is 0.156. The first-order valence-corrected chi connectivity index (χ1v) is 8.90. The standard InChI is InChI=1S/C20H18BrFN2O/c1-3-17-19(12(2)16-9-6-14(21)10-18(16)24-17)20(25)23-11-13-4-7-15(22)8-5-13/h4-10H,3,11H2,1-2H3,(H,23,25). The van der Waals surface area contributed by atoms with E-state index in [1.54, 1.807) is 12.1 Å². The average molecular weight is 401 g/mol. The molecule has 128 valence electrons. The maximum atomic E-state index is 13.0. The lowest BCUT2D eigenvalue weighted by Gasteiger charge is -2.14. The third-order valence-corrected chi connectivity index (χ3v) is 4.70. The molecule has 0 bridgehead atoms. The zero-order valence-corrected chi connectivity index (χ0v) is 15.7. The lowest BCUT2D eigenvalue weighted by molar-refractivity contribution is 0.0949. The quantitative estimate of drug-likeness (QED) is 0.673. The van der Waals surface area contributed by atoms with Crippen molar-refractivity contribution >= 4 is 32.7 Å². The van der Waals surface area contributed by atoms with E-state index in [0.717, 1.165) is 32.2 Å². The molecule has 0 aliphatic rings. The van der Waals surface area contributed by atoms with Crippen LogP contribution >= 0.6 is 15.9 Å². The van der Waals surface area contributed by atoms with Gasteiger partial charge in [0.2, 0.25) is 0 Å². The van der Waals surface area contributed by atoms with Gasteiger partial charge in [-0.3, -0.25) is 9.78 Å². The van der Waals surface area contributed by atoms with Crippen molar-refractivity contribution in [1.29, 1.82) is 0 Å². The molecule has 0 unspecified atom stereocenters. The number of nitrogens with one attached hydrogen (secondary N) is 1. The van der Waals surface area contributed by atoms with E-state index < -0.39 is 0 Å². The highest BCUT2D eigenvalue weighted by atomic mass is 79.9. The number of carbonyl (C=O) groups excluding carboxylic acids is 1. The van der Waals surface area contributed by atoms with Crippen LogP contribution in [-0.4, -0.2) is 10.9 Å². The van der Waals surface area contributed by atoms with Crippen molar-refractivity contribution in [2.24, 2.45) is 0 Å². The summed E-state index contributed by atoms with van der Waals surface area (Å²) < 4.78 is 13.9. The summed E-state index contributed by atoms with van der Waals surface area (Å²) in [7, 11) is 0. The predicted octanol–water partition coefficient (Wildman–Crippen LogP) is 4.94. The number of pyridine rings is 1.